The molecule has 0 aliphatic heterocycles. The zero-order valence-electron chi connectivity index (χ0n) is 9.18. The molecule has 2 N–H and O–H groups in total. The van der Waals surface area contributed by atoms with Crippen molar-refractivity contribution in [3.05, 3.63) is 29.0 Å². The fourth-order valence-electron chi connectivity index (χ4n) is 1.23. The maximum Gasteiger partial charge on any atom is 0.242 e. The molecule has 0 heterocycles. The van der Waals surface area contributed by atoms with Crippen LogP contribution in [0, 0.1) is 5.82 Å². The van der Waals surface area contributed by atoms with Gasteiger partial charge in [-0.3, -0.25) is 4.79 Å². The lowest BCUT2D eigenvalue weighted by Crippen LogP contribution is -2.37. The Labute approximate surface area is 99.0 Å². The van der Waals surface area contributed by atoms with Crippen molar-refractivity contribution < 1.29 is 9.18 Å². The van der Waals surface area contributed by atoms with E-state index in [1.165, 1.54) is 18.2 Å². The summed E-state index contributed by atoms with van der Waals surface area (Å²) in [6, 6.07) is 3.52. The third-order valence-electron chi connectivity index (χ3n) is 2.04. The molecule has 0 radical (unpaired) electrons. The summed E-state index contributed by atoms with van der Waals surface area (Å²) in [4.78, 5) is 11.4. The van der Waals surface area contributed by atoms with Gasteiger partial charge in [-0.05, 0) is 32.0 Å². The highest BCUT2D eigenvalue weighted by molar-refractivity contribution is 6.33. The number of rotatable bonds is 4. The number of nitrogens with one attached hydrogen (secondary N) is 2. The number of likely N-dealkylation sites (N-methyl/N-ethyl adjacent to an activating group) is 1. The first-order valence-corrected chi connectivity index (χ1v) is 5.41. The highest BCUT2D eigenvalue weighted by atomic mass is 35.5. The molecule has 0 spiro atoms. The van der Waals surface area contributed by atoms with Crippen LogP contribution in [0.2, 0.25) is 5.02 Å². The Hall–Kier alpha value is -1.29. The topological polar surface area (TPSA) is 41.1 Å². The van der Waals surface area contributed by atoms with E-state index in [1.54, 1.807) is 6.92 Å². The smallest absolute Gasteiger partial charge is 0.242 e. The maximum absolute atomic E-state index is 12.9. The number of hydrogen-bond acceptors (Lipinski definition) is 2. The molecule has 1 atom stereocenters. The highest BCUT2D eigenvalue weighted by Crippen LogP contribution is 2.22. The summed E-state index contributed by atoms with van der Waals surface area (Å²) in [7, 11) is 0. The molecule has 1 rings (SSSR count). The molecule has 1 aromatic carbocycles. The Balaban J connectivity index is 2.72. The summed E-state index contributed by atoms with van der Waals surface area (Å²) in [5, 5.41) is 5.90. The van der Waals surface area contributed by atoms with E-state index in [2.05, 4.69) is 10.6 Å². The number of amides is 1. The van der Waals surface area contributed by atoms with Gasteiger partial charge in [0.2, 0.25) is 5.91 Å². The average molecular weight is 245 g/mol. The molecule has 0 bridgehead atoms. The van der Waals surface area contributed by atoms with Crippen LogP contribution >= 0.6 is 11.6 Å². The molecule has 0 aliphatic rings. The first-order chi connectivity index (χ1) is 7.54. The minimum atomic E-state index is -0.459. The van der Waals surface area contributed by atoms with Crippen LogP contribution in [-0.2, 0) is 4.79 Å². The first-order valence-electron chi connectivity index (χ1n) is 5.04. The van der Waals surface area contributed by atoms with Crippen LogP contribution in [0.4, 0.5) is 10.1 Å². The van der Waals surface area contributed by atoms with Crippen molar-refractivity contribution in [3.8, 4) is 0 Å². The molecule has 3 nitrogen and oxygen atoms in total. The van der Waals surface area contributed by atoms with E-state index >= 15 is 0 Å². The summed E-state index contributed by atoms with van der Waals surface area (Å²) in [6.45, 7) is 4.08. The molecule has 88 valence electrons. The minimum Gasteiger partial charge on any atom is -0.373 e. The van der Waals surface area contributed by atoms with Gasteiger partial charge in [0.25, 0.3) is 0 Å². The summed E-state index contributed by atoms with van der Waals surface area (Å²) in [5.41, 5.74) is 0.417. The summed E-state index contributed by atoms with van der Waals surface area (Å²) in [6.07, 6.45) is 0. The summed E-state index contributed by atoms with van der Waals surface area (Å²) >= 11 is 5.86. The lowest BCUT2D eigenvalue weighted by molar-refractivity contribution is -0.121. The molecule has 0 saturated heterocycles. The summed E-state index contributed by atoms with van der Waals surface area (Å²) in [5.74, 6) is -0.544. The normalized spacial score (nSPS) is 12.0. The van der Waals surface area contributed by atoms with Gasteiger partial charge in [-0.15, -0.1) is 0 Å². The van der Waals surface area contributed by atoms with Crippen LogP contribution in [0.5, 0.6) is 0 Å². The molecule has 16 heavy (non-hydrogen) atoms. The number of carbonyl (C=O) groups is 1. The molecule has 1 aromatic rings. The quantitative estimate of drug-likeness (QED) is 0.854. The van der Waals surface area contributed by atoms with Crippen molar-refractivity contribution in [2.75, 3.05) is 11.9 Å². The van der Waals surface area contributed by atoms with E-state index in [0.717, 1.165) is 0 Å². The van der Waals surface area contributed by atoms with Gasteiger partial charge in [-0.2, -0.15) is 0 Å². The van der Waals surface area contributed by atoms with Crippen LogP contribution in [0.25, 0.3) is 0 Å². The van der Waals surface area contributed by atoms with E-state index in [1.807, 2.05) is 6.92 Å². The van der Waals surface area contributed by atoms with E-state index in [-0.39, 0.29) is 5.91 Å². The molecule has 1 amide bonds. The van der Waals surface area contributed by atoms with Crippen LogP contribution in [0.1, 0.15) is 13.8 Å². The van der Waals surface area contributed by atoms with Crippen molar-refractivity contribution in [1.29, 1.82) is 0 Å². The van der Waals surface area contributed by atoms with E-state index in [4.69, 9.17) is 11.6 Å². The number of hydrogen-bond donors (Lipinski definition) is 2. The molecule has 0 aromatic heterocycles. The Kier molecular flexibility index (Phi) is 4.55. The van der Waals surface area contributed by atoms with E-state index < -0.39 is 11.9 Å². The lowest BCUT2D eigenvalue weighted by Gasteiger charge is -2.15. The Morgan fingerprint density at radius 1 is 1.56 bits per heavy atom. The standard InChI is InChI=1S/C11H14ClFN2O/c1-3-14-11(16)7(2)15-10-6-8(13)4-5-9(10)12/h4-7,15H,3H2,1-2H3,(H,14,16). The van der Waals surface area contributed by atoms with Crippen molar-refractivity contribution in [2.45, 2.75) is 19.9 Å². The van der Waals surface area contributed by atoms with Gasteiger partial charge >= 0.3 is 0 Å². The Morgan fingerprint density at radius 2 is 2.25 bits per heavy atom. The van der Waals surface area contributed by atoms with Crippen LogP contribution in [-0.4, -0.2) is 18.5 Å². The monoisotopic (exact) mass is 244 g/mol. The average Bonchev–Trinajstić information content (AvgIpc) is 2.23. The number of benzene rings is 1. The van der Waals surface area contributed by atoms with Crippen LogP contribution in [0.15, 0.2) is 18.2 Å². The molecule has 5 heteroatoms. The molecular weight excluding hydrogens is 231 g/mol. The van der Waals surface area contributed by atoms with Gasteiger partial charge in [0.15, 0.2) is 0 Å². The second-order valence-corrected chi connectivity index (χ2v) is 3.79. The SMILES string of the molecule is CCNC(=O)C(C)Nc1cc(F)ccc1Cl. The van der Waals surface area contributed by atoms with Crippen molar-refractivity contribution in [3.63, 3.8) is 0 Å². The largest absolute Gasteiger partial charge is 0.373 e. The second kappa shape index (κ2) is 5.70. The van der Waals surface area contributed by atoms with Crippen molar-refractivity contribution >= 4 is 23.2 Å². The predicted octanol–water partition coefficient (Wildman–Crippen LogP) is 2.42. The van der Waals surface area contributed by atoms with Crippen molar-refractivity contribution in [2.24, 2.45) is 0 Å². The molecule has 0 fully saturated rings. The second-order valence-electron chi connectivity index (χ2n) is 3.38. The fraction of sp³-hybridized carbons (Fsp3) is 0.364. The predicted molar refractivity (Wildman–Crippen MR) is 63.2 cm³/mol. The van der Waals surface area contributed by atoms with Crippen molar-refractivity contribution in [1.82, 2.24) is 5.32 Å². The van der Waals surface area contributed by atoms with E-state index in [0.29, 0.717) is 17.3 Å². The molecule has 1 unspecified atom stereocenters. The number of halogens is 2. The van der Waals surface area contributed by atoms with Gasteiger partial charge in [-0.25, -0.2) is 4.39 Å². The zero-order chi connectivity index (χ0) is 12.1. The van der Waals surface area contributed by atoms with Crippen LogP contribution < -0.4 is 10.6 Å². The molecular formula is C11H14ClFN2O. The Bertz CT molecular complexity index is 384. The molecule has 0 aliphatic carbocycles. The third-order valence-corrected chi connectivity index (χ3v) is 2.37. The number of carbonyl (C=O) groups excluding carboxylic acids is 1. The first kappa shape index (κ1) is 12.8. The molecule has 0 saturated carbocycles. The van der Waals surface area contributed by atoms with Gasteiger partial charge in [-0.1, -0.05) is 11.6 Å². The summed E-state index contributed by atoms with van der Waals surface area (Å²) < 4.78 is 12.9. The van der Waals surface area contributed by atoms with Crippen LogP contribution in [0.3, 0.4) is 0 Å². The Morgan fingerprint density at radius 3 is 2.88 bits per heavy atom. The highest BCUT2D eigenvalue weighted by Gasteiger charge is 2.13. The lowest BCUT2D eigenvalue weighted by atomic mass is 10.2. The minimum absolute atomic E-state index is 0.150. The fourth-order valence-corrected chi connectivity index (χ4v) is 1.41. The van der Waals surface area contributed by atoms with E-state index in [9.17, 15) is 9.18 Å². The third kappa shape index (κ3) is 3.38. The van der Waals surface area contributed by atoms with Gasteiger partial charge < -0.3 is 10.6 Å². The number of anilines is 1. The van der Waals surface area contributed by atoms with Gasteiger partial charge in [0.05, 0.1) is 10.7 Å². The van der Waals surface area contributed by atoms with Gasteiger partial charge in [0, 0.05) is 6.54 Å². The zero-order valence-corrected chi connectivity index (χ0v) is 9.94. The van der Waals surface area contributed by atoms with Gasteiger partial charge in [0.1, 0.15) is 11.9 Å². The maximum atomic E-state index is 12.9.